The lowest BCUT2D eigenvalue weighted by atomic mass is 9.89. The summed E-state index contributed by atoms with van der Waals surface area (Å²) in [5.41, 5.74) is -0.631. The normalized spacial score (nSPS) is 20.5. The van der Waals surface area contributed by atoms with Gasteiger partial charge in [0.05, 0.1) is 0 Å². The van der Waals surface area contributed by atoms with Gasteiger partial charge in [-0.15, -0.1) is 0 Å². The molecule has 104 valence electrons. The van der Waals surface area contributed by atoms with Crippen molar-refractivity contribution in [2.45, 2.75) is 38.1 Å². The van der Waals surface area contributed by atoms with Crippen LogP contribution in [0.4, 0.5) is 4.39 Å². The van der Waals surface area contributed by atoms with Crippen molar-refractivity contribution >= 4 is 5.97 Å². The summed E-state index contributed by atoms with van der Waals surface area (Å²) in [5.74, 6) is -1.31. The second kappa shape index (κ2) is 5.70. The molecule has 19 heavy (non-hydrogen) atoms. The Bertz CT molecular complexity index is 455. The first-order chi connectivity index (χ1) is 9.05. The average Bonchev–Trinajstić information content (AvgIpc) is 2.66. The van der Waals surface area contributed by atoms with Gasteiger partial charge in [-0.05, 0) is 50.6 Å². The van der Waals surface area contributed by atoms with Crippen molar-refractivity contribution in [3.63, 3.8) is 0 Å². The molecule has 1 fully saturated rings. The standard InChI is InChI=1S/C15H20FNO2/c1-15(14(18)19,12-7-6-8-13(16)11-12)17-9-4-2-3-5-10-17/h6-8,11H,2-5,9-10H2,1H3,(H,18,19). The number of hydrogen-bond donors (Lipinski definition) is 1. The fourth-order valence-corrected chi connectivity index (χ4v) is 2.75. The Morgan fingerprint density at radius 2 is 1.89 bits per heavy atom. The summed E-state index contributed by atoms with van der Waals surface area (Å²) in [4.78, 5) is 13.7. The van der Waals surface area contributed by atoms with Crippen LogP contribution in [0.25, 0.3) is 0 Å². The highest BCUT2D eigenvalue weighted by Crippen LogP contribution is 2.31. The van der Waals surface area contributed by atoms with Crippen LogP contribution in [0.15, 0.2) is 24.3 Å². The van der Waals surface area contributed by atoms with Crippen molar-refractivity contribution in [1.82, 2.24) is 4.90 Å². The smallest absolute Gasteiger partial charge is 0.328 e. The summed E-state index contributed by atoms with van der Waals surface area (Å²) < 4.78 is 13.4. The summed E-state index contributed by atoms with van der Waals surface area (Å²) in [6.07, 6.45) is 4.26. The maximum absolute atomic E-state index is 13.4. The number of halogens is 1. The molecule has 0 aliphatic carbocycles. The van der Waals surface area contributed by atoms with Gasteiger partial charge in [0.2, 0.25) is 0 Å². The topological polar surface area (TPSA) is 40.5 Å². The Kier molecular flexibility index (Phi) is 4.20. The second-order valence-corrected chi connectivity index (χ2v) is 5.29. The van der Waals surface area contributed by atoms with E-state index >= 15 is 0 Å². The number of nitrogens with zero attached hydrogens (tertiary/aromatic N) is 1. The maximum atomic E-state index is 13.4. The van der Waals surface area contributed by atoms with Gasteiger partial charge in [0.25, 0.3) is 0 Å². The first-order valence-electron chi connectivity index (χ1n) is 6.79. The van der Waals surface area contributed by atoms with E-state index in [4.69, 9.17) is 0 Å². The predicted octanol–water partition coefficient (Wildman–Crippen LogP) is 3.00. The Hall–Kier alpha value is -1.42. The van der Waals surface area contributed by atoms with Gasteiger partial charge >= 0.3 is 5.97 Å². The molecule has 1 saturated heterocycles. The molecule has 1 N–H and O–H groups in total. The zero-order valence-electron chi connectivity index (χ0n) is 11.2. The van der Waals surface area contributed by atoms with Crippen LogP contribution in [-0.4, -0.2) is 29.1 Å². The molecule has 0 radical (unpaired) electrons. The van der Waals surface area contributed by atoms with Crippen LogP contribution >= 0.6 is 0 Å². The molecule has 3 nitrogen and oxygen atoms in total. The van der Waals surface area contributed by atoms with E-state index in [9.17, 15) is 14.3 Å². The van der Waals surface area contributed by atoms with E-state index in [1.165, 1.54) is 12.1 Å². The number of carboxylic acid groups (broad SMARTS) is 1. The van der Waals surface area contributed by atoms with Crippen molar-refractivity contribution < 1.29 is 14.3 Å². The number of carboxylic acids is 1. The molecule has 0 amide bonds. The molecule has 1 heterocycles. The van der Waals surface area contributed by atoms with E-state index < -0.39 is 11.5 Å². The molecule has 1 aromatic rings. The maximum Gasteiger partial charge on any atom is 0.328 e. The van der Waals surface area contributed by atoms with E-state index in [-0.39, 0.29) is 5.82 Å². The van der Waals surface area contributed by atoms with Crippen LogP contribution in [-0.2, 0) is 10.3 Å². The van der Waals surface area contributed by atoms with E-state index in [2.05, 4.69) is 0 Å². The van der Waals surface area contributed by atoms with Gasteiger partial charge in [-0.1, -0.05) is 25.0 Å². The first kappa shape index (κ1) is 14.0. The van der Waals surface area contributed by atoms with E-state index in [0.29, 0.717) is 5.56 Å². The molecule has 1 aromatic carbocycles. The number of hydrogen-bond acceptors (Lipinski definition) is 2. The van der Waals surface area contributed by atoms with E-state index in [1.54, 1.807) is 19.1 Å². The van der Waals surface area contributed by atoms with Gasteiger partial charge < -0.3 is 5.11 Å². The van der Waals surface area contributed by atoms with Gasteiger partial charge in [0.15, 0.2) is 0 Å². The minimum Gasteiger partial charge on any atom is -0.480 e. The van der Waals surface area contributed by atoms with Gasteiger partial charge in [-0.3, -0.25) is 4.90 Å². The Labute approximate surface area is 113 Å². The monoisotopic (exact) mass is 265 g/mol. The predicted molar refractivity (Wildman–Crippen MR) is 71.4 cm³/mol. The summed E-state index contributed by atoms with van der Waals surface area (Å²) in [6, 6.07) is 5.94. The molecule has 1 atom stereocenters. The van der Waals surface area contributed by atoms with Crippen molar-refractivity contribution in [2.24, 2.45) is 0 Å². The molecule has 4 heteroatoms. The second-order valence-electron chi connectivity index (χ2n) is 5.29. The van der Waals surface area contributed by atoms with E-state index in [1.807, 2.05) is 4.90 Å². The van der Waals surface area contributed by atoms with Gasteiger partial charge in [0, 0.05) is 0 Å². The number of likely N-dealkylation sites (tertiary alicyclic amines) is 1. The fourth-order valence-electron chi connectivity index (χ4n) is 2.75. The van der Waals surface area contributed by atoms with Crippen molar-refractivity contribution in [3.8, 4) is 0 Å². The quantitative estimate of drug-likeness (QED) is 0.913. The highest BCUT2D eigenvalue weighted by molar-refractivity contribution is 5.80. The minimum absolute atomic E-state index is 0.389. The third-order valence-corrected chi connectivity index (χ3v) is 4.04. The molecule has 1 aliphatic heterocycles. The SMILES string of the molecule is CC(C(=O)O)(c1cccc(F)c1)N1CCCCCC1. The van der Waals surface area contributed by atoms with Crippen LogP contribution in [0.5, 0.6) is 0 Å². The number of carbonyl (C=O) groups is 1. The molecule has 1 unspecified atom stereocenters. The average molecular weight is 265 g/mol. The van der Waals surface area contributed by atoms with Crippen LogP contribution in [0, 0.1) is 5.82 Å². The minimum atomic E-state index is -1.15. The van der Waals surface area contributed by atoms with Gasteiger partial charge in [0.1, 0.15) is 11.4 Å². The Morgan fingerprint density at radius 1 is 1.26 bits per heavy atom. The largest absolute Gasteiger partial charge is 0.480 e. The first-order valence-corrected chi connectivity index (χ1v) is 6.79. The molecular formula is C15H20FNO2. The summed E-state index contributed by atoms with van der Waals surface area (Å²) in [7, 11) is 0. The number of aliphatic carboxylic acids is 1. The summed E-state index contributed by atoms with van der Waals surface area (Å²) >= 11 is 0. The lowest BCUT2D eigenvalue weighted by Crippen LogP contribution is -2.50. The Morgan fingerprint density at radius 3 is 2.42 bits per heavy atom. The van der Waals surface area contributed by atoms with Crippen molar-refractivity contribution in [3.05, 3.63) is 35.6 Å². The highest BCUT2D eigenvalue weighted by Gasteiger charge is 2.41. The number of rotatable bonds is 3. The molecule has 0 bridgehead atoms. The fraction of sp³-hybridized carbons (Fsp3) is 0.533. The molecular weight excluding hydrogens is 245 g/mol. The molecule has 0 spiro atoms. The van der Waals surface area contributed by atoms with Gasteiger partial charge in [-0.2, -0.15) is 0 Å². The molecule has 0 aromatic heterocycles. The van der Waals surface area contributed by atoms with E-state index in [0.717, 1.165) is 38.8 Å². The van der Waals surface area contributed by atoms with Crippen LogP contribution < -0.4 is 0 Å². The highest BCUT2D eigenvalue weighted by atomic mass is 19.1. The zero-order chi connectivity index (χ0) is 13.9. The molecule has 1 aliphatic rings. The third-order valence-electron chi connectivity index (χ3n) is 4.04. The summed E-state index contributed by atoms with van der Waals surface area (Å²) in [5, 5.41) is 9.66. The van der Waals surface area contributed by atoms with Crippen LogP contribution in [0.3, 0.4) is 0 Å². The van der Waals surface area contributed by atoms with Gasteiger partial charge in [-0.25, -0.2) is 9.18 Å². The lowest BCUT2D eigenvalue weighted by Gasteiger charge is -2.37. The molecule has 0 saturated carbocycles. The Balaban J connectivity index is 2.38. The van der Waals surface area contributed by atoms with Crippen molar-refractivity contribution in [1.29, 1.82) is 0 Å². The lowest BCUT2D eigenvalue weighted by molar-refractivity contribution is -0.151. The van der Waals surface area contributed by atoms with Crippen LogP contribution in [0.1, 0.15) is 38.2 Å². The third kappa shape index (κ3) is 2.78. The van der Waals surface area contributed by atoms with Crippen LogP contribution in [0.2, 0.25) is 0 Å². The van der Waals surface area contributed by atoms with Crippen molar-refractivity contribution in [2.75, 3.05) is 13.1 Å². The summed E-state index contributed by atoms with van der Waals surface area (Å²) in [6.45, 7) is 3.17. The zero-order valence-corrected chi connectivity index (χ0v) is 11.2. The number of benzene rings is 1. The molecule has 2 rings (SSSR count).